The molecule has 0 atom stereocenters. The highest BCUT2D eigenvalue weighted by Crippen LogP contribution is 2.29. The van der Waals surface area contributed by atoms with Gasteiger partial charge in [0.05, 0.1) is 55.4 Å². The van der Waals surface area contributed by atoms with E-state index >= 15 is 0 Å². The molecule has 0 fully saturated rings. The van der Waals surface area contributed by atoms with E-state index in [2.05, 4.69) is 68.5 Å². The Hall–Kier alpha value is 0.354. The molecule has 0 aliphatic heterocycles. The van der Waals surface area contributed by atoms with Crippen molar-refractivity contribution >= 4 is 15.2 Å². The first-order chi connectivity index (χ1) is 8.66. The maximum absolute atomic E-state index is 2.67. The predicted octanol–water partition coefficient (Wildman–Crippen LogP) is 3.67. The van der Waals surface area contributed by atoms with Crippen molar-refractivity contribution in [1.29, 1.82) is 0 Å². The van der Waals surface area contributed by atoms with E-state index in [1.807, 2.05) is 0 Å². The summed E-state index contributed by atoms with van der Waals surface area (Å²) in [5.74, 6) is 0. The van der Waals surface area contributed by atoms with Crippen LogP contribution in [0.2, 0.25) is 38.3 Å². The summed E-state index contributed by atoms with van der Waals surface area (Å²) in [7, 11) is 11.9. The van der Waals surface area contributed by atoms with Crippen LogP contribution in [-0.2, 0) is 0 Å². The monoisotopic (exact) mass is 318 g/mol. The average molecular weight is 319 g/mol. The van der Waals surface area contributed by atoms with Gasteiger partial charge in [-0.05, 0) is 12.8 Å². The Kier molecular flexibility index (Phi) is 7.20. The lowest BCUT2D eigenvalue weighted by molar-refractivity contribution is -0.870. The summed E-state index contributed by atoms with van der Waals surface area (Å²) in [6.45, 7) is 13.3. The van der Waals surface area contributed by atoms with Gasteiger partial charge in [0.25, 0.3) is 0 Å². The van der Waals surface area contributed by atoms with Crippen molar-refractivity contribution in [3.05, 3.63) is 0 Å². The smallest absolute Gasteiger partial charge is 0.0777 e. The lowest BCUT2D eigenvalue weighted by Gasteiger charge is -2.40. The van der Waals surface area contributed by atoms with Crippen molar-refractivity contribution in [2.24, 2.45) is 0 Å². The fraction of sp³-hybridized carbons (Fsp3) is 1.00. The molecule has 0 aliphatic rings. The predicted molar refractivity (Wildman–Crippen MR) is 99.6 cm³/mol. The van der Waals surface area contributed by atoms with E-state index in [-0.39, 0.29) is 0 Å². The van der Waals surface area contributed by atoms with Crippen molar-refractivity contribution in [3.63, 3.8) is 0 Å². The van der Waals surface area contributed by atoms with Gasteiger partial charge in [0.15, 0.2) is 0 Å². The molecule has 20 heavy (non-hydrogen) atoms. The zero-order chi connectivity index (χ0) is 16.2. The molecule has 0 saturated heterocycles. The van der Waals surface area contributed by atoms with Crippen LogP contribution < -0.4 is 0 Å². The second kappa shape index (κ2) is 7.08. The molecular formula is C16H42N2Si2+2. The van der Waals surface area contributed by atoms with Crippen LogP contribution in [0.4, 0.5) is 0 Å². The van der Waals surface area contributed by atoms with Crippen molar-refractivity contribution in [1.82, 2.24) is 0 Å². The van der Waals surface area contributed by atoms with E-state index in [1.165, 1.54) is 38.0 Å². The van der Waals surface area contributed by atoms with Gasteiger partial charge in [0.2, 0.25) is 0 Å². The molecule has 0 aromatic rings. The molecular weight excluding hydrogens is 276 g/mol. The highest BCUT2D eigenvalue weighted by molar-refractivity contribution is 7.40. The molecule has 0 saturated carbocycles. The number of nitrogens with zero attached hydrogens (tertiary/aromatic N) is 2. The molecule has 0 spiro atoms. The third-order valence-corrected chi connectivity index (χ3v) is 24.5. The van der Waals surface area contributed by atoms with Crippen LogP contribution in [0.1, 0.15) is 12.8 Å². The Bertz CT molecular complexity index is 256. The Morgan fingerprint density at radius 2 is 0.800 bits per heavy atom. The van der Waals surface area contributed by atoms with Crippen molar-refractivity contribution in [2.75, 3.05) is 55.4 Å². The number of hydrogen-bond donors (Lipinski definition) is 0. The molecule has 0 aliphatic carbocycles. The summed E-state index contributed by atoms with van der Waals surface area (Å²) in [5, 5.41) is 0. The van der Waals surface area contributed by atoms with Crippen molar-refractivity contribution in [3.8, 4) is 0 Å². The molecule has 0 aromatic carbocycles. The van der Waals surface area contributed by atoms with Gasteiger partial charge in [0.1, 0.15) is 0 Å². The highest BCUT2D eigenvalue weighted by Gasteiger charge is 2.40. The molecule has 0 radical (unpaired) electrons. The number of rotatable bonds is 9. The van der Waals surface area contributed by atoms with Gasteiger partial charge in [-0.2, -0.15) is 0 Å². The number of hydrogen-bond acceptors (Lipinski definition) is 0. The Morgan fingerprint density at radius 3 is 1.00 bits per heavy atom. The first kappa shape index (κ1) is 20.4. The SMILES string of the molecule is C[N+](C)(C)CCC[Si](C)(C)[Si](C)(C)CCC[N+](C)(C)C. The minimum atomic E-state index is -1.01. The van der Waals surface area contributed by atoms with Crippen molar-refractivity contribution < 1.29 is 8.97 Å². The van der Waals surface area contributed by atoms with E-state index in [1.54, 1.807) is 0 Å². The summed E-state index contributed by atoms with van der Waals surface area (Å²) in [6.07, 6.45) is 2.85. The molecule has 4 heteroatoms. The van der Waals surface area contributed by atoms with Gasteiger partial charge in [-0.25, -0.2) is 0 Å². The normalized spacial score (nSPS) is 14.7. The van der Waals surface area contributed by atoms with Crippen LogP contribution in [0.5, 0.6) is 0 Å². The first-order valence-electron chi connectivity index (χ1n) is 8.27. The molecule has 0 bridgehead atoms. The summed E-state index contributed by atoms with van der Waals surface area (Å²) in [5.41, 5.74) is 0. The first-order valence-corrected chi connectivity index (χ1v) is 15.7. The number of quaternary nitrogens is 2. The maximum atomic E-state index is 2.67. The molecule has 0 aromatic heterocycles. The minimum Gasteiger partial charge on any atom is -0.331 e. The molecule has 122 valence electrons. The second-order valence-corrected chi connectivity index (χ2v) is 26.7. The van der Waals surface area contributed by atoms with Crippen LogP contribution in [-0.4, -0.2) is 79.5 Å². The van der Waals surface area contributed by atoms with E-state index in [0.29, 0.717) is 0 Å². The summed E-state index contributed by atoms with van der Waals surface area (Å²) >= 11 is 0. The minimum absolute atomic E-state index is 1.01. The third-order valence-electron chi connectivity index (χ3n) is 5.09. The zero-order valence-electron chi connectivity index (χ0n) is 16.1. The molecule has 2 nitrogen and oxygen atoms in total. The summed E-state index contributed by atoms with van der Waals surface area (Å²) in [6, 6.07) is 3.07. The maximum Gasteiger partial charge on any atom is 0.0777 e. The van der Waals surface area contributed by atoms with Crippen LogP contribution in [0.15, 0.2) is 0 Å². The topological polar surface area (TPSA) is 0 Å². The van der Waals surface area contributed by atoms with E-state index in [4.69, 9.17) is 0 Å². The lowest BCUT2D eigenvalue weighted by atomic mass is 10.4. The van der Waals surface area contributed by atoms with Crippen LogP contribution >= 0.6 is 0 Å². The van der Waals surface area contributed by atoms with Gasteiger partial charge in [-0.3, -0.25) is 0 Å². The average Bonchev–Trinajstić information content (AvgIpc) is 2.11. The van der Waals surface area contributed by atoms with E-state index in [0.717, 1.165) is 8.97 Å². The van der Waals surface area contributed by atoms with Gasteiger partial charge in [0, 0.05) is 15.2 Å². The van der Waals surface area contributed by atoms with Crippen LogP contribution in [0.3, 0.4) is 0 Å². The molecule has 0 heterocycles. The fourth-order valence-corrected chi connectivity index (χ4v) is 11.2. The van der Waals surface area contributed by atoms with E-state index in [9.17, 15) is 0 Å². The molecule has 0 N–H and O–H groups in total. The van der Waals surface area contributed by atoms with Gasteiger partial charge in [-0.15, -0.1) is 0 Å². The van der Waals surface area contributed by atoms with Gasteiger partial charge in [-0.1, -0.05) is 38.3 Å². The Balaban J connectivity index is 4.34. The zero-order valence-corrected chi connectivity index (χ0v) is 18.1. The van der Waals surface area contributed by atoms with Crippen molar-refractivity contribution in [2.45, 2.75) is 51.1 Å². The molecule has 0 amide bonds. The van der Waals surface area contributed by atoms with Gasteiger partial charge >= 0.3 is 0 Å². The molecule has 0 rings (SSSR count). The Labute approximate surface area is 131 Å². The second-order valence-electron chi connectivity index (χ2n) is 10.0. The third kappa shape index (κ3) is 8.60. The van der Waals surface area contributed by atoms with Crippen LogP contribution in [0.25, 0.3) is 0 Å². The standard InChI is InChI=1S/C16H42N2Si2/c1-17(2,3)13-11-15-19(7,8)20(9,10)16-12-14-18(4,5)6/h11-16H2,1-10H3/q+2. The quantitative estimate of drug-likeness (QED) is 0.449. The fourth-order valence-electron chi connectivity index (χ4n) is 2.67. The van der Waals surface area contributed by atoms with E-state index < -0.39 is 15.2 Å². The summed E-state index contributed by atoms with van der Waals surface area (Å²) in [4.78, 5) is 0. The largest absolute Gasteiger partial charge is 0.331 e. The van der Waals surface area contributed by atoms with Gasteiger partial charge < -0.3 is 8.97 Å². The summed E-state index contributed by atoms with van der Waals surface area (Å²) < 4.78 is 2.24. The lowest BCUT2D eigenvalue weighted by Crippen LogP contribution is -2.55. The highest BCUT2D eigenvalue weighted by atomic mass is 29.3. The van der Waals surface area contributed by atoms with Crippen LogP contribution in [0, 0.1) is 0 Å². The Morgan fingerprint density at radius 1 is 0.550 bits per heavy atom. The molecule has 0 unspecified atom stereocenters.